The van der Waals surface area contributed by atoms with Crippen molar-refractivity contribution in [2.24, 2.45) is 0 Å². The van der Waals surface area contributed by atoms with E-state index in [0.717, 1.165) is 0 Å². The molecule has 1 amide bonds. The summed E-state index contributed by atoms with van der Waals surface area (Å²) in [6, 6.07) is 2.73. The number of carboxylic acids is 1. The number of anilines is 1. The number of ether oxygens (including phenoxy) is 1. The highest BCUT2D eigenvalue weighted by Crippen LogP contribution is 2.29. The van der Waals surface area contributed by atoms with E-state index in [0.29, 0.717) is 36.0 Å². The Bertz CT molecular complexity index is 902. The molecule has 10 heteroatoms. The Labute approximate surface area is 171 Å². The van der Waals surface area contributed by atoms with Crippen LogP contribution in [-0.4, -0.2) is 59.3 Å². The van der Waals surface area contributed by atoms with E-state index >= 15 is 0 Å². The number of H-pyrrole nitrogens is 1. The van der Waals surface area contributed by atoms with Crippen molar-refractivity contribution < 1.29 is 19.4 Å². The topological polar surface area (TPSA) is 108 Å². The van der Waals surface area contributed by atoms with Gasteiger partial charge in [0.2, 0.25) is 0 Å². The van der Waals surface area contributed by atoms with Gasteiger partial charge in [-0.1, -0.05) is 23.2 Å². The first-order valence-corrected chi connectivity index (χ1v) is 9.39. The van der Waals surface area contributed by atoms with Crippen LogP contribution in [0.2, 0.25) is 10.0 Å². The van der Waals surface area contributed by atoms with Gasteiger partial charge in [0.1, 0.15) is 11.5 Å². The maximum Gasteiger partial charge on any atom is 0.335 e. The van der Waals surface area contributed by atoms with E-state index in [1.54, 1.807) is 14.0 Å². The van der Waals surface area contributed by atoms with E-state index < -0.39 is 5.97 Å². The van der Waals surface area contributed by atoms with Crippen molar-refractivity contribution in [3.05, 3.63) is 45.3 Å². The molecule has 0 saturated carbocycles. The smallest absolute Gasteiger partial charge is 0.335 e. The van der Waals surface area contributed by atoms with Gasteiger partial charge in [0.15, 0.2) is 0 Å². The summed E-state index contributed by atoms with van der Waals surface area (Å²) in [5.41, 5.74) is 1.01. The predicted octanol–water partition coefficient (Wildman–Crippen LogP) is 2.75. The average Bonchev–Trinajstić information content (AvgIpc) is 2.95. The van der Waals surface area contributed by atoms with Gasteiger partial charge in [-0.05, 0) is 25.5 Å². The Hall–Kier alpha value is -2.29. The molecule has 3 N–H and O–H groups in total. The molecule has 3 rings (SSSR count). The van der Waals surface area contributed by atoms with E-state index in [9.17, 15) is 9.59 Å². The Morgan fingerprint density at radius 1 is 1.39 bits per heavy atom. The number of halogens is 2. The zero-order chi connectivity index (χ0) is 20.4. The molecule has 0 bridgehead atoms. The van der Waals surface area contributed by atoms with Gasteiger partial charge in [-0.25, -0.2) is 9.78 Å². The van der Waals surface area contributed by atoms with Gasteiger partial charge in [0.25, 0.3) is 5.91 Å². The third kappa shape index (κ3) is 4.09. The third-order valence-electron chi connectivity index (χ3n) is 4.78. The largest absolute Gasteiger partial charge is 0.478 e. The molecule has 3 heterocycles. The fourth-order valence-corrected chi connectivity index (χ4v) is 3.64. The minimum Gasteiger partial charge on any atom is -0.478 e. The number of carboxylic acid groups (broad SMARTS) is 1. The van der Waals surface area contributed by atoms with E-state index in [1.807, 2.05) is 4.90 Å². The number of pyridine rings is 1. The lowest BCUT2D eigenvalue weighted by Crippen LogP contribution is -2.55. The fraction of sp³-hybridized carbons (Fsp3) is 0.389. The molecule has 150 valence electrons. The van der Waals surface area contributed by atoms with Crippen LogP contribution in [0.4, 0.5) is 5.82 Å². The molecule has 28 heavy (non-hydrogen) atoms. The highest BCUT2D eigenvalue weighted by Gasteiger charge is 2.32. The number of aromatic carboxylic acids is 1. The lowest BCUT2D eigenvalue weighted by molar-refractivity contribution is 0.0538. The molecule has 0 spiro atoms. The SMILES string of the molecule is COC1CN(c2cc(C(=O)O)ccn2)CCC1NC(=O)c1[nH]c(C)c(Cl)c1Cl. The van der Waals surface area contributed by atoms with Crippen molar-refractivity contribution in [2.45, 2.75) is 25.5 Å². The number of aromatic amines is 1. The second-order valence-electron chi connectivity index (χ2n) is 6.55. The Kier molecular flexibility index (Phi) is 6.12. The number of aryl methyl sites for hydroxylation is 1. The molecule has 2 aromatic rings. The number of amides is 1. The van der Waals surface area contributed by atoms with E-state index in [1.165, 1.54) is 18.3 Å². The summed E-state index contributed by atoms with van der Waals surface area (Å²) in [7, 11) is 1.57. The van der Waals surface area contributed by atoms with Gasteiger partial charge in [-0.15, -0.1) is 0 Å². The van der Waals surface area contributed by atoms with Crippen molar-refractivity contribution in [3.63, 3.8) is 0 Å². The van der Waals surface area contributed by atoms with Crippen LogP contribution in [0.1, 0.15) is 33.0 Å². The minimum absolute atomic E-state index is 0.169. The monoisotopic (exact) mass is 426 g/mol. The second-order valence-corrected chi connectivity index (χ2v) is 7.31. The maximum atomic E-state index is 12.6. The van der Waals surface area contributed by atoms with Gasteiger partial charge in [-0.3, -0.25) is 4.79 Å². The second kappa shape index (κ2) is 8.38. The normalized spacial score (nSPS) is 19.5. The standard InChI is InChI=1S/C18H20Cl2N4O4/c1-9-14(19)15(20)16(22-9)17(25)23-11-4-6-24(8-12(11)28-2)13-7-10(18(26)27)3-5-21-13/h3,5,7,11-12,22H,4,6,8H2,1-2H3,(H,23,25)(H,26,27). The van der Waals surface area contributed by atoms with Crippen LogP contribution in [0.5, 0.6) is 0 Å². The molecule has 0 aliphatic carbocycles. The Morgan fingerprint density at radius 2 is 2.14 bits per heavy atom. The number of aromatic nitrogens is 2. The number of piperidine rings is 1. The number of methoxy groups -OCH3 is 1. The first kappa shape index (κ1) is 20.4. The molecule has 2 unspecified atom stereocenters. The van der Waals surface area contributed by atoms with Crippen molar-refractivity contribution in [3.8, 4) is 0 Å². The third-order valence-corrected chi connectivity index (χ3v) is 5.72. The van der Waals surface area contributed by atoms with Gasteiger partial charge in [0.05, 0.1) is 27.8 Å². The quantitative estimate of drug-likeness (QED) is 0.678. The molecular formula is C18H20Cl2N4O4. The van der Waals surface area contributed by atoms with Crippen molar-refractivity contribution in [1.29, 1.82) is 0 Å². The molecule has 8 nitrogen and oxygen atoms in total. The fourth-order valence-electron chi connectivity index (χ4n) is 3.22. The van der Waals surface area contributed by atoms with Crippen LogP contribution >= 0.6 is 23.2 Å². The Morgan fingerprint density at radius 3 is 2.75 bits per heavy atom. The van der Waals surface area contributed by atoms with Crippen molar-refractivity contribution in [1.82, 2.24) is 15.3 Å². The van der Waals surface area contributed by atoms with Crippen molar-refractivity contribution in [2.75, 3.05) is 25.1 Å². The van der Waals surface area contributed by atoms with E-state index in [2.05, 4.69) is 15.3 Å². The summed E-state index contributed by atoms with van der Waals surface area (Å²) in [4.78, 5) is 32.9. The molecule has 1 saturated heterocycles. The molecule has 2 atom stereocenters. The summed E-state index contributed by atoms with van der Waals surface area (Å²) >= 11 is 12.2. The molecule has 0 aromatic carbocycles. The number of nitrogens with zero attached hydrogens (tertiary/aromatic N) is 2. The number of carbonyl (C=O) groups excluding carboxylic acids is 1. The molecule has 1 aliphatic heterocycles. The zero-order valence-electron chi connectivity index (χ0n) is 15.3. The number of hydrogen-bond acceptors (Lipinski definition) is 5. The van der Waals surface area contributed by atoms with Gasteiger partial charge >= 0.3 is 5.97 Å². The first-order chi connectivity index (χ1) is 13.3. The highest BCUT2D eigenvalue weighted by atomic mass is 35.5. The molecule has 0 radical (unpaired) electrons. The van der Waals surface area contributed by atoms with Gasteiger partial charge in [0, 0.05) is 32.1 Å². The molecule has 1 aliphatic rings. The molecule has 1 fully saturated rings. The summed E-state index contributed by atoms with van der Waals surface area (Å²) in [6.07, 6.45) is 1.75. The van der Waals surface area contributed by atoms with Crippen molar-refractivity contribution >= 4 is 40.9 Å². The van der Waals surface area contributed by atoms with E-state index in [4.69, 9.17) is 33.0 Å². The van der Waals surface area contributed by atoms with Crippen LogP contribution in [-0.2, 0) is 4.74 Å². The molecule has 2 aromatic heterocycles. The lowest BCUT2D eigenvalue weighted by atomic mass is 10.0. The summed E-state index contributed by atoms with van der Waals surface area (Å²) < 4.78 is 5.56. The maximum absolute atomic E-state index is 12.6. The average molecular weight is 427 g/mol. The minimum atomic E-state index is -1.01. The number of carbonyl (C=O) groups is 2. The Balaban J connectivity index is 1.71. The predicted molar refractivity (Wildman–Crippen MR) is 106 cm³/mol. The van der Waals surface area contributed by atoms with Crippen LogP contribution < -0.4 is 10.2 Å². The number of hydrogen-bond donors (Lipinski definition) is 3. The zero-order valence-corrected chi connectivity index (χ0v) is 16.8. The van der Waals surface area contributed by atoms with Crippen LogP contribution in [0.15, 0.2) is 18.3 Å². The van der Waals surface area contributed by atoms with E-state index in [-0.39, 0.29) is 34.3 Å². The van der Waals surface area contributed by atoms with Crippen LogP contribution in [0.25, 0.3) is 0 Å². The van der Waals surface area contributed by atoms with Crippen LogP contribution in [0.3, 0.4) is 0 Å². The first-order valence-electron chi connectivity index (χ1n) is 8.63. The lowest BCUT2D eigenvalue weighted by Gasteiger charge is -2.38. The van der Waals surface area contributed by atoms with Gasteiger partial charge in [-0.2, -0.15) is 0 Å². The summed E-state index contributed by atoms with van der Waals surface area (Å²) in [6.45, 7) is 2.77. The molecular weight excluding hydrogens is 407 g/mol. The summed E-state index contributed by atoms with van der Waals surface area (Å²) in [5.74, 6) is -0.807. The number of rotatable bonds is 5. The number of nitrogens with one attached hydrogen (secondary N) is 2. The van der Waals surface area contributed by atoms with Crippen LogP contribution in [0, 0.1) is 6.92 Å². The highest BCUT2D eigenvalue weighted by molar-refractivity contribution is 6.44. The summed E-state index contributed by atoms with van der Waals surface area (Å²) in [5, 5.41) is 12.6. The van der Waals surface area contributed by atoms with Gasteiger partial charge < -0.3 is 25.0 Å².